The van der Waals surface area contributed by atoms with Crippen LogP contribution in [0.3, 0.4) is 0 Å². The predicted molar refractivity (Wildman–Crippen MR) is 186 cm³/mol. The summed E-state index contributed by atoms with van der Waals surface area (Å²) in [5.74, 6) is 1.36. The Morgan fingerprint density at radius 3 is 1.26 bits per heavy atom. The highest BCUT2D eigenvalue weighted by Crippen LogP contribution is 2.50. The number of aliphatic hydroxyl groups is 1. The zero-order valence-corrected chi connectivity index (χ0v) is 31.1. The largest absolute Gasteiger partial charge is 0.394 e. The van der Waals surface area contributed by atoms with Crippen LogP contribution in [-0.2, 0) is 23.6 Å². The zero-order valence-electron chi connectivity index (χ0n) is 28.6. The van der Waals surface area contributed by atoms with Crippen molar-refractivity contribution in [2.24, 2.45) is 10.8 Å². The first-order valence-electron chi connectivity index (χ1n) is 14.9. The fraction of sp³-hybridized carbons (Fsp3) is 0.935. The van der Waals surface area contributed by atoms with E-state index in [1.807, 2.05) is 41.5 Å². The van der Waals surface area contributed by atoms with Crippen molar-refractivity contribution in [1.29, 1.82) is 0 Å². The summed E-state index contributed by atoms with van der Waals surface area (Å²) in [4.78, 5) is 23.3. The Hall–Kier alpha value is 0.230. The van der Waals surface area contributed by atoms with Crippen molar-refractivity contribution in [1.82, 2.24) is 9.34 Å². The normalized spacial score (nSPS) is 12.5. The Bertz CT molecular complexity index is 662. The molecule has 0 saturated carbocycles. The molecule has 0 aliphatic carbocycles. The monoisotopic (exact) mass is 658 g/mol. The van der Waals surface area contributed by atoms with Crippen LogP contribution in [0.2, 0.25) is 0 Å². The summed E-state index contributed by atoms with van der Waals surface area (Å²) in [6, 6.07) is 1.64. The van der Waals surface area contributed by atoms with Crippen molar-refractivity contribution in [3.63, 3.8) is 0 Å². The van der Waals surface area contributed by atoms with Gasteiger partial charge in [0.05, 0.1) is 39.6 Å². The molecule has 0 fully saturated rings. The van der Waals surface area contributed by atoms with Gasteiger partial charge < -0.3 is 19.1 Å². The van der Waals surface area contributed by atoms with Crippen molar-refractivity contribution < 1.29 is 28.7 Å². The molecule has 0 atom stereocenters. The van der Waals surface area contributed by atoms with E-state index in [-0.39, 0.29) is 35.1 Å². The first-order valence-corrected chi connectivity index (χ1v) is 18.0. The summed E-state index contributed by atoms with van der Waals surface area (Å²) in [5, 5.41) is 8.80. The van der Waals surface area contributed by atoms with Crippen LogP contribution in [0.25, 0.3) is 0 Å². The van der Waals surface area contributed by atoms with Gasteiger partial charge in [-0.3, -0.25) is 9.59 Å². The highest BCUT2D eigenvalue weighted by atomic mass is 32.2. The molecule has 42 heavy (non-hydrogen) atoms. The summed E-state index contributed by atoms with van der Waals surface area (Å²) >= 11 is 2.64. The molecule has 0 radical (unpaired) electrons. The van der Waals surface area contributed by atoms with Gasteiger partial charge >= 0.3 is 0 Å². The highest BCUT2D eigenvalue weighted by molar-refractivity contribution is 8.14. The Morgan fingerprint density at radius 2 is 0.976 bits per heavy atom. The maximum Gasteiger partial charge on any atom is 0.194 e. The van der Waals surface area contributed by atoms with Crippen LogP contribution in [0.4, 0.5) is 0 Å². The zero-order chi connectivity index (χ0) is 32.4. The van der Waals surface area contributed by atoms with E-state index in [0.29, 0.717) is 68.7 Å². The molecule has 0 bridgehead atoms. The summed E-state index contributed by atoms with van der Waals surface area (Å²) in [6.07, 6.45) is 0. The standard InChI is InChI=1S/C21H45N2O3PS.C9H18O3S.CH4/c1-16(2)22(17(3)4)27(23(18(5)6)19(7)8)26-13-12-25-14-15-28-20(24)21(9,10)11;1-9(2,3)8(11)13-7-6-12-5-4-10;/h16-19H,12-15H2,1-11H3;10H,4-7H2,1-3H3;1H4. The molecule has 0 aliphatic rings. The van der Waals surface area contributed by atoms with Gasteiger partial charge in [0.2, 0.25) is 0 Å². The smallest absolute Gasteiger partial charge is 0.194 e. The number of aliphatic hydroxyl groups excluding tert-OH is 1. The molecule has 0 saturated heterocycles. The summed E-state index contributed by atoms with van der Waals surface area (Å²) in [6.45, 7) is 32.0. The van der Waals surface area contributed by atoms with Gasteiger partial charge in [0.25, 0.3) is 0 Å². The Balaban J connectivity index is -0.000000914. The van der Waals surface area contributed by atoms with Crippen LogP contribution in [0.1, 0.15) is 104 Å². The maximum absolute atomic E-state index is 11.9. The van der Waals surface area contributed by atoms with Crippen molar-refractivity contribution >= 4 is 42.2 Å². The van der Waals surface area contributed by atoms with Gasteiger partial charge in [0, 0.05) is 46.5 Å². The number of nitrogens with zero attached hydrogens (tertiary/aromatic N) is 2. The van der Waals surface area contributed by atoms with Gasteiger partial charge in [0.1, 0.15) is 0 Å². The van der Waals surface area contributed by atoms with E-state index in [1.54, 1.807) is 0 Å². The molecule has 0 amide bonds. The summed E-state index contributed by atoms with van der Waals surface area (Å²) < 4.78 is 22.1. The van der Waals surface area contributed by atoms with Crippen LogP contribution < -0.4 is 0 Å². The number of carbonyl (C=O) groups excluding carboxylic acids is 2. The van der Waals surface area contributed by atoms with Gasteiger partial charge in [-0.05, 0) is 55.4 Å². The average Bonchev–Trinajstić information content (AvgIpc) is 2.81. The number of thioether (sulfide) groups is 2. The first-order chi connectivity index (χ1) is 18.8. The van der Waals surface area contributed by atoms with Crippen LogP contribution in [0.5, 0.6) is 0 Å². The molecule has 0 aromatic rings. The lowest BCUT2D eigenvalue weighted by Gasteiger charge is -2.45. The van der Waals surface area contributed by atoms with Gasteiger partial charge in [-0.25, -0.2) is 9.34 Å². The van der Waals surface area contributed by atoms with Crippen LogP contribution in [-0.4, -0.2) is 100.0 Å². The minimum absolute atomic E-state index is 0. The topological polar surface area (TPSA) is 88.5 Å². The van der Waals surface area contributed by atoms with E-state index in [0.717, 1.165) is 0 Å². The lowest BCUT2D eigenvalue weighted by atomic mass is 9.99. The van der Waals surface area contributed by atoms with E-state index in [2.05, 4.69) is 64.7 Å². The lowest BCUT2D eigenvalue weighted by molar-refractivity contribution is -0.118. The van der Waals surface area contributed by atoms with E-state index in [1.165, 1.54) is 23.5 Å². The third kappa shape index (κ3) is 21.9. The fourth-order valence-electron chi connectivity index (χ4n) is 3.50. The van der Waals surface area contributed by atoms with E-state index in [4.69, 9.17) is 19.1 Å². The summed E-state index contributed by atoms with van der Waals surface area (Å²) in [5.41, 5.74) is -0.570. The molecule has 11 heteroatoms. The van der Waals surface area contributed by atoms with Gasteiger partial charge in [0.15, 0.2) is 18.7 Å². The molecular weight excluding hydrogens is 591 g/mol. The summed E-state index contributed by atoms with van der Waals surface area (Å²) in [7, 11) is -0.868. The molecular formula is C31H67N2O6PS2. The van der Waals surface area contributed by atoms with Crippen LogP contribution >= 0.6 is 32.0 Å². The fourth-order valence-corrected chi connectivity index (χ4v) is 7.46. The number of ether oxygens (including phenoxy) is 2. The van der Waals surface area contributed by atoms with E-state index in [9.17, 15) is 9.59 Å². The molecule has 1 N–H and O–H groups in total. The van der Waals surface area contributed by atoms with Crippen molar-refractivity contribution in [3.8, 4) is 0 Å². The van der Waals surface area contributed by atoms with Crippen LogP contribution in [0, 0.1) is 10.8 Å². The van der Waals surface area contributed by atoms with E-state index >= 15 is 0 Å². The highest BCUT2D eigenvalue weighted by Gasteiger charge is 2.34. The minimum atomic E-state index is -0.868. The maximum atomic E-state index is 11.9. The second-order valence-corrected chi connectivity index (χ2v) is 16.8. The average molecular weight is 659 g/mol. The Kier molecular flexibility index (Phi) is 27.2. The third-order valence-corrected chi connectivity index (χ3v) is 10.9. The van der Waals surface area contributed by atoms with Crippen molar-refractivity contribution in [2.45, 2.75) is 129 Å². The van der Waals surface area contributed by atoms with E-state index < -0.39 is 8.45 Å². The molecule has 8 nitrogen and oxygen atoms in total. The first kappa shape index (κ1) is 46.6. The van der Waals surface area contributed by atoms with Crippen LogP contribution in [0.15, 0.2) is 0 Å². The van der Waals surface area contributed by atoms with Crippen molar-refractivity contribution in [3.05, 3.63) is 0 Å². The SMILES string of the molecule is C.CC(C)(C)C(=O)SCCOCCO.CC(C)N(C(C)C)P(OCCOCCSC(=O)C(C)(C)C)N(C(C)C)C(C)C. The Morgan fingerprint density at radius 1 is 0.643 bits per heavy atom. The predicted octanol–water partition coefficient (Wildman–Crippen LogP) is 7.73. The Labute approximate surface area is 270 Å². The third-order valence-electron chi connectivity index (χ3n) is 5.33. The molecule has 254 valence electrons. The second-order valence-electron chi connectivity index (χ2n) is 12.9. The van der Waals surface area contributed by atoms with Gasteiger partial charge in [-0.15, -0.1) is 0 Å². The molecule has 0 aromatic heterocycles. The van der Waals surface area contributed by atoms with Gasteiger partial charge in [-0.1, -0.05) is 72.5 Å². The quantitative estimate of drug-likeness (QED) is 0.117. The number of rotatable bonds is 18. The molecule has 0 aromatic carbocycles. The van der Waals surface area contributed by atoms with Gasteiger partial charge in [-0.2, -0.15) is 0 Å². The number of hydrogen-bond donors (Lipinski definition) is 1. The molecule has 0 aliphatic heterocycles. The molecule has 0 unspecified atom stereocenters. The molecule has 0 heterocycles. The van der Waals surface area contributed by atoms with Crippen molar-refractivity contribution in [2.75, 3.05) is 51.1 Å². The molecule has 0 rings (SSSR count). The molecule has 0 spiro atoms. The minimum Gasteiger partial charge on any atom is -0.394 e. The lowest BCUT2D eigenvalue weighted by Crippen LogP contribution is -2.43. The number of hydrogen-bond acceptors (Lipinski definition) is 10. The number of carbonyl (C=O) groups is 2. The second kappa shape index (κ2) is 24.5.